The number of aromatic nitrogens is 2. The normalized spacial score (nSPS) is 16.5. The van der Waals surface area contributed by atoms with E-state index in [0.29, 0.717) is 0 Å². The Morgan fingerprint density at radius 2 is 1.32 bits per heavy atom. The number of allylic oxidation sites excluding steroid dienone is 7. The van der Waals surface area contributed by atoms with E-state index in [2.05, 4.69) is 193 Å². The van der Waals surface area contributed by atoms with E-state index in [0.717, 1.165) is 31.4 Å². The first-order valence-electron chi connectivity index (χ1n) is 20.5. The fourth-order valence-electron chi connectivity index (χ4n) is 9.10. The summed E-state index contributed by atoms with van der Waals surface area (Å²) in [4.78, 5) is 0. The highest BCUT2D eigenvalue weighted by Crippen LogP contribution is 2.45. The molecule has 0 amide bonds. The predicted octanol–water partition coefficient (Wildman–Crippen LogP) is 14.0. The number of dihydropyridines is 1. The van der Waals surface area contributed by atoms with Gasteiger partial charge in [-0.3, -0.25) is 0 Å². The van der Waals surface area contributed by atoms with E-state index >= 15 is 0 Å². The molecule has 0 spiro atoms. The first-order chi connectivity index (χ1) is 27.4. The molecule has 1 atom stereocenters. The van der Waals surface area contributed by atoms with E-state index in [1.54, 1.807) is 0 Å². The molecule has 7 aromatic rings. The average Bonchev–Trinajstić information content (AvgIpc) is 3.77. The summed E-state index contributed by atoms with van der Waals surface area (Å²) in [6, 6.07) is 42.4. The molecule has 1 N–H and O–H groups in total. The third kappa shape index (κ3) is 6.07. The van der Waals surface area contributed by atoms with Crippen LogP contribution in [0.25, 0.3) is 71.9 Å². The lowest BCUT2D eigenvalue weighted by Crippen LogP contribution is -2.28. The summed E-state index contributed by atoms with van der Waals surface area (Å²) in [6.07, 6.45) is 20.8. The molecule has 0 fully saturated rings. The van der Waals surface area contributed by atoms with Crippen LogP contribution in [0.3, 0.4) is 0 Å². The summed E-state index contributed by atoms with van der Waals surface area (Å²) in [5.41, 5.74) is 16.8. The maximum absolute atomic E-state index is 3.89. The summed E-state index contributed by atoms with van der Waals surface area (Å²) >= 11 is 0. The zero-order valence-corrected chi connectivity index (χ0v) is 33.3. The molecule has 3 heterocycles. The van der Waals surface area contributed by atoms with E-state index in [-0.39, 0.29) is 11.5 Å². The first kappa shape index (κ1) is 35.6. The second kappa shape index (κ2) is 14.5. The minimum Gasteiger partial charge on any atom is -0.379 e. The maximum atomic E-state index is 3.89. The Morgan fingerprint density at radius 3 is 2.04 bits per heavy atom. The van der Waals surface area contributed by atoms with Crippen LogP contribution in [0.5, 0.6) is 0 Å². The molecule has 56 heavy (non-hydrogen) atoms. The summed E-state index contributed by atoms with van der Waals surface area (Å²) < 4.78 is 5.00. The molecule has 0 radical (unpaired) electrons. The number of hydrogen-bond acceptors (Lipinski definition) is 1. The van der Waals surface area contributed by atoms with Crippen molar-refractivity contribution in [1.29, 1.82) is 0 Å². The van der Waals surface area contributed by atoms with Crippen LogP contribution >= 0.6 is 0 Å². The van der Waals surface area contributed by atoms with Gasteiger partial charge in [-0.05, 0) is 107 Å². The number of nitrogens with one attached hydrogen (secondary N) is 1. The molecular formula is C53H51N3. The van der Waals surface area contributed by atoms with E-state index in [1.165, 1.54) is 83.1 Å². The van der Waals surface area contributed by atoms with Gasteiger partial charge in [0.15, 0.2) is 0 Å². The second-order valence-corrected chi connectivity index (χ2v) is 16.0. The topological polar surface area (TPSA) is 21.9 Å². The summed E-state index contributed by atoms with van der Waals surface area (Å²) in [5, 5.41) is 7.77. The van der Waals surface area contributed by atoms with Gasteiger partial charge >= 0.3 is 0 Å². The third-order valence-corrected chi connectivity index (χ3v) is 11.6. The molecular weight excluding hydrogens is 679 g/mol. The van der Waals surface area contributed by atoms with Gasteiger partial charge in [0.1, 0.15) is 0 Å². The molecule has 1 unspecified atom stereocenters. The fourth-order valence-corrected chi connectivity index (χ4v) is 9.10. The van der Waals surface area contributed by atoms with Crippen LogP contribution in [0.15, 0.2) is 158 Å². The van der Waals surface area contributed by atoms with Crippen LogP contribution in [-0.2, 0) is 11.8 Å². The van der Waals surface area contributed by atoms with Crippen LogP contribution in [-0.4, -0.2) is 15.2 Å². The Hall–Kier alpha value is -6.06. The molecule has 3 aliphatic rings. The van der Waals surface area contributed by atoms with Crippen molar-refractivity contribution in [3.8, 4) is 22.3 Å². The van der Waals surface area contributed by atoms with Crippen molar-refractivity contribution in [2.45, 2.75) is 71.8 Å². The number of fused-ring (bicyclic) bond motifs is 6. The zero-order chi connectivity index (χ0) is 38.4. The van der Waals surface area contributed by atoms with Gasteiger partial charge in [0.05, 0.1) is 28.3 Å². The first-order valence-corrected chi connectivity index (χ1v) is 20.5. The highest BCUT2D eigenvalue weighted by atomic mass is 15.0. The lowest BCUT2D eigenvalue weighted by atomic mass is 9.80. The Balaban J connectivity index is 0.00000202. The molecule has 3 heteroatoms. The summed E-state index contributed by atoms with van der Waals surface area (Å²) in [7, 11) is 0. The third-order valence-electron chi connectivity index (χ3n) is 11.6. The molecule has 10 rings (SSSR count). The van der Waals surface area contributed by atoms with Gasteiger partial charge in [0.2, 0.25) is 0 Å². The predicted molar refractivity (Wildman–Crippen MR) is 242 cm³/mol. The highest BCUT2D eigenvalue weighted by Gasteiger charge is 2.30. The van der Waals surface area contributed by atoms with Gasteiger partial charge in [-0.2, -0.15) is 0 Å². The molecule has 0 saturated heterocycles. The standard InChI is InChI=1S/C51H45N3.C2H6/c1-51(2,3)44-32-49-43(31-41(44)35-18-9-5-10-19-35)50-40(23-15-25-48(50)53(49)37-20-11-6-12-21-37)45-28-27-38(33-52-45)54-46-24-14-13-22-39(46)42-30-36(26-29-47(42)54)34-16-7-4-8-17-34;1-2/h4-5,7-11,13-14,16-24,26-33,45,52H,6,12,15,25H2,1-3H3;1-2H3. The summed E-state index contributed by atoms with van der Waals surface area (Å²) in [5.74, 6) is 0. The fraction of sp³-hybridized carbons (Fsp3) is 0.208. The second-order valence-electron chi connectivity index (χ2n) is 16.0. The molecule has 2 aromatic heterocycles. The molecule has 3 nitrogen and oxygen atoms in total. The number of hydrogen-bond donors (Lipinski definition) is 1. The van der Waals surface area contributed by atoms with Crippen molar-refractivity contribution in [2.24, 2.45) is 0 Å². The zero-order valence-electron chi connectivity index (χ0n) is 33.3. The SMILES string of the molecule is CC.CC(C)(C)c1cc2c(cc1-c1ccccc1)c1c(n2C2=CCCC=C2)CCC=C1C1C=CC(n2c3ccccc3c3cc(-c4ccccc4)ccc32)=CN1. The van der Waals surface area contributed by atoms with Gasteiger partial charge in [-0.1, -0.05) is 144 Å². The quantitative estimate of drug-likeness (QED) is 0.187. The van der Waals surface area contributed by atoms with Crippen molar-refractivity contribution in [2.75, 3.05) is 0 Å². The van der Waals surface area contributed by atoms with Gasteiger partial charge in [0.25, 0.3) is 0 Å². The highest BCUT2D eigenvalue weighted by molar-refractivity contribution is 6.11. The number of para-hydroxylation sites is 1. The van der Waals surface area contributed by atoms with Crippen LogP contribution in [0.1, 0.15) is 70.7 Å². The Labute approximate surface area is 331 Å². The Kier molecular flexibility index (Phi) is 9.25. The molecule has 0 bridgehead atoms. The lowest BCUT2D eigenvalue weighted by molar-refractivity contribution is 0.592. The monoisotopic (exact) mass is 729 g/mol. The van der Waals surface area contributed by atoms with Gasteiger partial charge < -0.3 is 14.5 Å². The smallest absolute Gasteiger partial charge is 0.0700 e. The molecule has 1 aliphatic heterocycles. The van der Waals surface area contributed by atoms with Crippen molar-refractivity contribution < 1.29 is 0 Å². The largest absolute Gasteiger partial charge is 0.379 e. The lowest BCUT2D eigenvalue weighted by Gasteiger charge is -2.26. The minimum atomic E-state index is -0.0186. The Morgan fingerprint density at radius 1 is 0.589 bits per heavy atom. The molecule has 278 valence electrons. The van der Waals surface area contributed by atoms with Crippen molar-refractivity contribution in [1.82, 2.24) is 14.5 Å². The van der Waals surface area contributed by atoms with Crippen molar-refractivity contribution >= 4 is 49.7 Å². The van der Waals surface area contributed by atoms with E-state index in [1.807, 2.05) is 13.8 Å². The number of nitrogens with zero attached hydrogens (tertiary/aromatic N) is 2. The van der Waals surface area contributed by atoms with Crippen molar-refractivity contribution in [3.63, 3.8) is 0 Å². The van der Waals surface area contributed by atoms with Crippen LogP contribution in [0.2, 0.25) is 0 Å². The molecule has 5 aromatic carbocycles. The average molecular weight is 730 g/mol. The van der Waals surface area contributed by atoms with Crippen molar-refractivity contribution in [3.05, 3.63) is 175 Å². The van der Waals surface area contributed by atoms with Crippen LogP contribution < -0.4 is 5.32 Å². The van der Waals surface area contributed by atoms with Gasteiger partial charge in [0, 0.05) is 39.3 Å². The van der Waals surface area contributed by atoms with E-state index in [9.17, 15) is 0 Å². The number of rotatable bonds is 5. The minimum absolute atomic E-state index is 0.0186. The van der Waals surface area contributed by atoms with Gasteiger partial charge in [-0.15, -0.1) is 0 Å². The van der Waals surface area contributed by atoms with Crippen LogP contribution in [0.4, 0.5) is 0 Å². The number of benzene rings is 5. The summed E-state index contributed by atoms with van der Waals surface area (Å²) in [6.45, 7) is 11.0. The Bertz CT molecular complexity index is 2760. The molecule has 0 saturated carbocycles. The molecule has 2 aliphatic carbocycles. The van der Waals surface area contributed by atoms with E-state index < -0.39 is 0 Å². The van der Waals surface area contributed by atoms with E-state index in [4.69, 9.17) is 0 Å². The maximum Gasteiger partial charge on any atom is 0.0700 e. The van der Waals surface area contributed by atoms with Crippen LogP contribution in [0, 0.1) is 0 Å². The van der Waals surface area contributed by atoms with Gasteiger partial charge in [-0.25, -0.2) is 0 Å².